The molecular formula is C31H29N3O5S. The third-order valence-electron chi connectivity index (χ3n) is 6.15. The van der Waals surface area contributed by atoms with Gasteiger partial charge in [0.25, 0.3) is 5.91 Å². The topological polar surface area (TPSA) is 113 Å². The highest BCUT2D eigenvalue weighted by Crippen LogP contribution is 2.24. The summed E-state index contributed by atoms with van der Waals surface area (Å²) >= 11 is 0. The summed E-state index contributed by atoms with van der Waals surface area (Å²) in [6.07, 6.45) is 1.32. The number of carbonyl (C=O) groups excluding carboxylic acids is 1. The highest BCUT2D eigenvalue weighted by atomic mass is 32.2. The number of aryl methyl sites for hydroxylation is 2. The fourth-order valence-electron chi connectivity index (χ4n) is 3.88. The Morgan fingerprint density at radius 3 is 2.15 bits per heavy atom. The van der Waals surface area contributed by atoms with Crippen LogP contribution in [0.3, 0.4) is 0 Å². The summed E-state index contributed by atoms with van der Waals surface area (Å²) in [5.41, 5.74) is 3.19. The lowest BCUT2D eigenvalue weighted by molar-refractivity contribution is -0.112. The third kappa shape index (κ3) is 7.05. The van der Waals surface area contributed by atoms with Gasteiger partial charge in [0.2, 0.25) is 10.0 Å². The third-order valence-corrected chi connectivity index (χ3v) is 7.96. The van der Waals surface area contributed by atoms with E-state index in [1.165, 1.54) is 10.4 Å². The van der Waals surface area contributed by atoms with Crippen molar-refractivity contribution in [2.24, 2.45) is 0 Å². The summed E-state index contributed by atoms with van der Waals surface area (Å²) < 4.78 is 39.6. The molecule has 0 saturated carbocycles. The minimum atomic E-state index is -3.86. The molecule has 9 heteroatoms. The first-order chi connectivity index (χ1) is 19.2. The lowest BCUT2D eigenvalue weighted by Gasteiger charge is -2.21. The molecule has 1 amide bonds. The Balaban J connectivity index is 1.56. The lowest BCUT2D eigenvalue weighted by atomic mass is 10.1. The lowest BCUT2D eigenvalue weighted by Crippen LogP contribution is -2.30. The van der Waals surface area contributed by atoms with Crippen molar-refractivity contribution in [3.05, 3.63) is 119 Å². The van der Waals surface area contributed by atoms with Crippen molar-refractivity contribution in [3.8, 4) is 11.8 Å². The summed E-state index contributed by atoms with van der Waals surface area (Å²) in [6, 6.07) is 26.2. The molecule has 0 saturated heterocycles. The minimum Gasteiger partial charge on any atom is -0.497 e. The van der Waals surface area contributed by atoms with Gasteiger partial charge >= 0.3 is 0 Å². The maximum absolute atomic E-state index is 13.6. The van der Waals surface area contributed by atoms with Crippen LogP contribution >= 0.6 is 0 Å². The van der Waals surface area contributed by atoms with Crippen LogP contribution in [0.1, 0.15) is 28.2 Å². The number of nitriles is 1. The maximum atomic E-state index is 13.6. The molecule has 0 unspecified atom stereocenters. The van der Waals surface area contributed by atoms with Crippen LogP contribution in [0.2, 0.25) is 0 Å². The van der Waals surface area contributed by atoms with Gasteiger partial charge in [-0.05, 0) is 67.9 Å². The predicted octanol–water partition coefficient (Wildman–Crippen LogP) is 5.84. The standard InChI is InChI=1S/C31H29N3O5S/c1-22-4-8-24(9-5-22)20-34(40(36,37)30-16-6-23(2)7-17-30)21-29-15-14-28(39-29)18-25(19-32)31(35)33-26-10-12-27(38-3)13-11-26/h4-18H,20-21H2,1-3H3,(H,33,35)/b25-18-. The van der Waals surface area contributed by atoms with Gasteiger partial charge in [0.1, 0.15) is 28.9 Å². The molecule has 0 radical (unpaired) electrons. The monoisotopic (exact) mass is 555 g/mol. The molecule has 0 aliphatic heterocycles. The highest BCUT2D eigenvalue weighted by Gasteiger charge is 2.26. The zero-order valence-electron chi connectivity index (χ0n) is 22.4. The number of methoxy groups -OCH3 is 1. The van der Waals surface area contributed by atoms with E-state index < -0.39 is 15.9 Å². The van der Waals surface area contributed by atoms with E-state index in [0.717, 1.165) is 16.7 Å². The Morgan fingerprint density at radius 1 is 0.925 bits per heavy atom. The fourth-order valence-corrected chi connectivity index (χ4v) is 5.27. The first-order valence-corrected chi connectivity index (χ1v) is 13.9. The number of carbonyl (C=O) groups is 1. The molecule has 0 bridgehead atoms. The van der Waals surface area contributed by atoms with Gasteiger partial charge in [-0.1, -0.05) is 47.5 Å². The average molecular weight is 556 g/mol. The van der Waals surface area contributed by atoms with E-state index >= 15 is 0 Å². The van der Waals surface area contributed by atoms with Gasteiger partial charge in [-0.25, -0.2) is 8.42 Å². The zero-order chi connectivity index (χ0) is 28.7. The summed E-state index contributed by atoms with van der Waals surface area (Å²) in [6.45, 7) is 3.95. The van der Waals surface area contributed by atoms with Gasteiger partial charge in [0.05, 0.1) is 18.6 Å². The van der Waals surface area contributed by atoms with Gasteiger partial charge in [-0.3, -0.25) is 4.79 Å². The molecule has 204 valence electrons. The van der Waals surface area contributed by atoms with Gasteiger partial charge < -0.3 is 14.5 Å². The molecule has 4 rings (SSSR count). The molecule has 40 heavy (non-hydrogen) atoms. The molecule has 0 aliphatic rings. The summed E-state index contributed by atoms with van der Waals surface area (Å²) in [4.78, 5) is 12.8. The van der Waals surface area contributed by atoms with Crippen molar-refractivity contribution >= 4 is 27.7 Å². The molecule has 1 heterocycles. The number of benzene rings is 3. The molecule has 0 fully saturated rings. The van der Waals surface area contributed by atoms with E-state index in [4.69, 9.17) is 9.15 Å². The Kier molecular flexibility index (Phi) is 8.84. The highest BCUT2D eigenvalue weighted by molar-refractivity contribution is 7.89. The van der Waals surface area contributed by atoms with Crippen LogP contribution in [0.25, 0.3) is 6.08 Å². The number of ether oxygens (including phenoxy) is 1. The largest absolute Gasteiger partial charge is 0.497 e. The second-order valence-electron chi connectivity index (χ2n) is 9.23. The number of sulfonamides is 1. The molecule has 1 N–H and O–H groups in total. The summed E-state index contributed by atoms with van der Waals surface area (Å²) in [5.74, 6) is 0.646. The van der Waals surface area contributed by atoms with E-state index in [0.29, 0.717) is 17.2 Å². The Labute approximate surface area is 234 Å². The summed E-state index contributed by atoms with van der Waals surface area (Å²) in [5, 5.41) is 12.2. The number of anilines is 1. The Hall–Kier alpha value is -4.65. The van der Waals surface area contributed by atoms with E-state index in [1.807, 2.05) is 44.2 Å². The second kappa shape index (κ2) is 12.5. The van der Waals surface area contributed by atoms with Crippen LogP contribution in [0, 0.1) is 25.2 Å². The number of furan rings is 1. The Morgan fingerprint density at radius 2 is 1.55 bits per heavy atom. The number of hydrogen-bond donors (Lipinski definition) is 1. The Bertz CT molecular complexity index is 1650. The molecule has 1 aromatic heterocycles. The van der Waals surface area contributed by atoms with Crippen molar-refractivity contribution in [3.63, 3.8) is 0 Å². The number of nitrogens with zero attached hydrogens (tertiary/aromatic N) is 2. The molecule has 0 spiro atoms. The molecule has 0 atom stereocenters. The normalized spacial score (nSPS) is 11.7. The number of hydrogen-bond acceptors (Lipinski definition) is 6. The number of nitrogens with one attached hydrogen (secondary N) is 1. The minimum absolute atomic E-state index is 0.0438. The van der Waals surface area contributed by atoms with Crippen LogP contribution in [0.4, 0.5) is 5.69 Å². The van der Waals surface area contributed by atoms with Crippen LogP contribution in [0.5, 0.6) is 5.75 Å². The summed E-state index contributed by atoms with van der Waals surface area (Å²) in [7, 11) is -2.32. The van der Waals surface area contributed by atoms with Crippen molar-refractivity contribution < 1.29 is 22.4 Å². The van der Waals surface area contributed by atoms with Crippen LogP contribution < -0.4 is 10.1 Å². The first-order valence-electron chi connectivity index (χ1n) is 12.5. The van der Waals surface area contributed by atoms with Gasteiger partial charge in [0.15, 0.2) is 0 Å². The number of rotatable bonds is 10. The molecule has 4 aromatic rings. The smallest absolute Gasteiger partial charge is 0.266 e. The van der Waals surface area contributed by atoms with Crippen LogP contribution in [-0.4, -0.2) is 25.7 Å². The fraction of sp³-hybridized carbons (Fsp3) is 0.161. The van der Waals surface area contributed by atoms with Crippen LogP contribution in [-0.2, 0) is 27.9 Å². The van der Waals surface area contributed by atoms with Gasteiger partial charge in [-0.2, -0.15) is 9.57 Å². The van der Waals surface area contributed by atoms with E-state index in [9.17, 15) is 18.5 Å². The maximum Gasteiger partial charge on any atom is 0.266 e. The number of amides is 1. The van der Waals surface area contributed by atoms with Crippen LogP contribution in [0.15, 0.2) is 99.8 Å². The van der Waals surface area contributed by atoms with Crippen molar-refractivity contribution in [2.45, 2.75) is 31.8 Å². The molecule has 3 aromatic carbocycles. The van der Waals surface area contributed by atoms with Crippen molar-refractivity contribution in [1.82, 2.24) is 4.31 Å². The van der Waals surface area contributed by atoms with Crippen molar-refractivity contribution in [2.75, 3.05) is 12.4 Å². The molecular weight excluding hydrogens is 526 g/mol. The van der Waals surface area contributed by atoms with Gasteiger partial charge in [-0.15, -0.1) is 0 Å². The molecule has 8 nitrogen and oxygen atoms in total. The van der Waals surface area contributed by atoms with Crippen molar-refractivity contribution in [1.29, 1.82) is 5.26 Å². The van der Waals surface area contributed by atoms with E-state index in [1.54, 1.807) is 67.8 Å². The average Bonchev–Trinajstić information content (AvgIpc) is 3.40. The molecule has 0 aliphatic carbocycles. The zero-order valence-corrected chi connectivity index (χ0v) is 23.2. The van der Waals surface area contributed by atoms with E-state index in [2.05, 4.69) is 5.32 Å². The quantitative estimate of drug-likeness (QED) is 0.194. The second-order valence-corrected chi connectivity index (χ2v) is 11.2. The SMILES string of the molecule is COc1ccc(NC(=O)/C(C#N)=C\c2ccc(CN(Cc3ccc(C)cc3)S(=O)(=O)c3ccc(C)cc3)o2)cc1. The predicted molar refractivity (Wildman–Crippen MR) is 153 cm³/mol. The van der Waals surface area contributed by atoms with Gasteiger partial charge in [0, 0.05) is 18.3 Å². The van der Waals surface area contributed by atoms with E-state index in [-0.39, 0.29) is 29.3 Å². The first kappa shape index (κ1) is 28.4.